The van der Waals surface area contributed by atoms with Gasteiger partial charge in [-0.2, -0.15) is 18.3 Å². The monoisotopic (exact) mass is 255 g/mol. The van der Waals surface area contributed by atoms with E-state index in [1.165, 1.54) is 18.2 Å². The summed E-state index contributed by atoms with van der Waals surface area (Å²) in [6, 6.07) is 4.96. The Morgan fingerprint density at radius 1 is 1.28 bits per heavy atom. The first kappa shape index (κ1) is 12.3. The molecule has 0 fully saturated rings. The van der Waals surface area contributed by atoms with Crippen LogP contribution in [0.25, 0.3) is 0 Å². The third kappa shape index (κ3) is 2.55. The lowest BCUT2D eigenvalue weighted by atomic mass is 10.0. The average Bonchev–Trinajstić information content (AvgIpc) is 2.81. The highest BCUT2D eigenvalue weighted by molar-refractivity contribution is 5.94. The van der Waals surface area contributed by atoms with Crippen molar-refractivity contribution in [3.63, 3.8) is 0 Å². The number of halogens is 3. The van der Waals surface area contributed by atoms with Crippen molar-refractivity contribution in [2.24, 2.45) is 0 Å². The van der Waals surface area contributed by atoms with Crippen LogP contribution in [0.3, 0.4) is 0 Å². The molecule has 0 saturated carbocycles. The number of benzene rings is 1. The van der Waals surface area contributed by atoms with Gasteiger partial charge in [0.05, 0.1) is 5.56 Å². The van der Waals surface area contributed by atoms with E-state index in [-0.39, 0.29) is 17.8 Å². The molecular weight excluding hydrogens is 247 g/mol. The molecule has 0 saturated heterocycles. The van der Waals surface area contributed by atoms with Gasteiger partial charge >= 0.3 is 6.18 Å². The van der Waals surface area contributed by atoms with E-state index in [0.717, 1.165) is 12.4 Å². The zero-order valence-corrected chi connectivity index (χ0v) is 9.03. The van der Waals surface area contributed by atoms with Gasteiger partial charge in [0.15, 0.2) is 5.82 Å². The van der Waals surface area contributed by atoms with Crippen LogP contribution >= 0.6 is 0 Å². The van der Waals surface area contributed by atoms with Crippen LogP contribution in [0.4, 0.5) is 13.2 Å². The van der Waals surface area contributed by atoms with Gasteiger partial charge < -0.3 is 0 Å². The smallest absolute Gasteiger partial charge is 0.290 e. The van der Waals surface area contributed by atoms with E-state index in [2.05, 4.69) is 15.2 Å². The summed E-state index contributed by atoms with van der Waals surface area (Å²) in [5, 5.41) is 5.80. The fraction of sp³-hybridized carbons (Fsp3) is 0.182. The second kappa shape index (κ2) is 4.59. The highest BCUT2D eigenvalue weighted by Crippen LogP contribution is 2.32. The van der Waals surface area contributed by atoms with Gasteiger partial charge in [-0.05, 0) is 11.6 Å². The summed E-state index contributed by atoms with van der Waals surface area (Å²) in [7, 11) is 0. The van der Waals surface area contributed by atoms with Crippen LogP contribution in [0, 0.1) is 0 Å². The molecule has 1 heterocycles. The Hall–Kier alpha value is -2.18. The number of carbonyl (C=O) groups excluding carboxylic acids is 1. The molecule has 0 radical (unpaired) electrons. The van der Waals surface area contributed by atoms with E-state index in [4.69, 9.17) is 0 Å². The van der Waals surface area contributed by atoms with Crippen LogP contribution in [-0.4, -0.2) is 21.0 Å². The molecule has 94 valence electrons. The summed E-state index contributed by atoms with van der Waals surface area (Å²) in [5.41, 5.74) is -0.885. The number of nitrogens with zero attached hydrogens (tertiary/aromatic N) is 2. The highest BCUT2D eigenvalue weighted by atomic mass is 19.4. The Balaban J connectivity index is 2.27. The number of carbonyl (C=O) groups is 1. The third-order valence-corrected chi connectivity index (χ3v) is 2.35. The SMILES string of the molecule is O=C(Cc1ccccc1C(F)(F)F)c1ncn[nH]1. The van der Waals surface area contributed by atoms with Crippen LogP contribution in [0.5, 0.6) is 0 Å². The van der Waals surface area contributed by atoms with Crippen molar-refractivity contribution in [1.29, 1.82) is 0 Å². The third-order valence-electron chi connectivity index (χ3n) is 2.35. The summed E-state index contributed by atoms with van der Waals surface area (Å²) >= 11 is 0. The van der Waals surface area contributed by atoms with Crippen LogP contribution in [-0.2, 0) is 12.6 Å². The molecule has 4 nitrogen and oxygen atoms in total. The van der Waals surface area contributed by atoms with Crippen LogP contribution in [0.2, 0.25) is 0 Å². The molecule has 1 aromatic heterocycles. The number of ketones is 1. The predicted octanol–water partition coefficient (Wildman–Crippen LogP) is 2.25. The fourth-order valence-corrected chi connectivity index (χ4v) is 1.55. The minimum Gasteiger partial charge on any atom is -0.290 e. The summed E-state index contributed by atoms with van der Waals surface area (Å²) in [4.78, 5) is 15.3. The van der Waals surface area contributed by atoms with E-state index in [1.807, 2.05) is 0 Å². The minimum atomic E-state index is -4.47. The van der Waals surface area contributed by atoms with Crippen molar-refractivity contribution < 1.29 is 18.0 Å². The quantitative estimate of drug-likeness (QED) is 0.856. The molecule has 0 bridgehead atoms. The van der Waals surface area contributed by atoms with E-state index >= 15 is 0 Å². The lowest BCUT2D eigenvalue weighted by molar-refractivity contribution is -0.138. The molecule has 1 N–H and O–H groups in total. The zero-order chi connectivity index (χ0) is 13.2. The number of rotatable bonds is 3. The van der Waals surface area contributed by atoms with E-state index in [0.29, 0.717) is 0 Å². The summed E-state index contributed by atoms with van der Waals surface area (Å²) in [6.45, 7) is 0. The Morgan fingerprint density at radius 2 is 2.00 bits per heavy atom. The van der Waals surface area contributed by atoms with E-state index in [9.17, 15) is 18.0 Å². The molecule has 7 heteroatoms. The molecule has 0 unspecified atom stereocenters. The molecule has 0 aliphatic heterocycles. The lowest BCUT2D eigenvalue weighted by Gasteiger charge is -2.11. The molecule has 0 aliphatic carbocycles. The van der Waals surface area contributed by atoms with Gasteiger partial charge in [-0.15, -0.1) is 0 Å². The zero-order valence-electron chi connectivity index (χ0n) is 9.03. The average molecular weight is 255 g/mol. The largest absolute Gasteiger partial charge is 0.416 e. The number of hydrogen-bond acceptors (Lipinski definition) is 3. The number of alkyl halides is 3. The Bertz CT molecular complexity index is 549. The topological polar surface area (TPSA) is 58.6 Å². The van der Waals surface area contributed by atoms with Gasteiger partial charge in [-0.3, -0.25) is 9.89 Å². The molecule has 0 aliphatic rings. The number of nitrogens with one attached hydrogen (secondary N) is 1. The second-order valence-corrected chi connectivity index (χ2v) is 3.59. The maximum Gasteiger partial charge on any atom is 0.416 e. The normalized spacial score (nSPS) is 11.5. The standard InChI is InChI=1S/C11H8F3N3O/c12-11(13,14)8-4-2-1-3-7(8)5-9(18)10-15-6-16-17-10/h1-4,6H,5H2,(H,15,16,17). The fourth-order valence-electron chi connectivity index (χ4n) is 1.55. The summed E-state index contributed by atoms with van der Waals surface area (Å²) in [6.07, 6.45) is -3.72. The van der Waals surface area contributed by atoms with E-state index in [1.54, 1.807) is 0 Å². The maximum absolute atomic E-state index is 12.7. The molecule has 0 amide bonds. The van der Waals surface area contributed by atoms with Gasteiger partial charge in [0.1, 0.15) is 6.33 Å². The van der Waals surface area contributed by atoms with Crippen molar-refractivity contribution >= 4 is 5.78 Å². The Labute approximate surface area is 99.9 Å². The number of aromatic nitrogens is 3. The van der Waals surface area contributed by atoms with Crippen molar-refractivity contribution in [3.8, 4) is 0 Å². The number of hydrogen-bond donors (Lipinski definition) is 1. The predicted molar refractivity (Wildman–Crippen MR) is 55.9 cm³/mol. The van der Waals surface area contributed by atoms with Crippen molar-refractivity contribution in [2.75, 3.05) is 0 Å². The van der Waals surface area contributed by atoms with Gasteiger partial charge in [-0.25, -0.2) is 4.98 Å². The van der Waals surface area contributed by atoms with Gasteiger partial charge in [0.2, 0.25) is 5.78 Å². The van der Waals surface area contributed by atoms with Crippen LogP contribution in [0.1, 0.15) is 21.7 Å². The first-order valence-corrected chi connectivity index (χ1v) is 5.02. The molecule has 1 aromatic carbocycles. The molecule has 0 spiro atoms. The number of H-pyrrole nitrogens is 1. The highest BCUT2D eigenvalue weighted by Gasteiger charge is 2.33. The van der Waals surface area contributed by atoms with Gasteiger partial charge in [0.25, 0.3) is 0 Å². The molecule has 18 heavy (non-hydrogen) atoms. The molecule has 0 atom stereocenters. The van der Waals surface area contributed by atoms with Crippen molar-refractivity contribution in [3.05, 3.63) is 47.5 Å². The first-order chi connectivity index (χ1) is 8.48. The van der Waals surface area contributed by atoms with Crippen molar-refractivity contribution in [1.82, 2.24) is 15.2 Å². The molecule has 2 aromatic rings. The van der Waals surface area contributed by atoms with E-state index < -0.39 is 17.5 Å². The molecular formula is C11H8F3N3O. The molecule has 2 rings (SSSR count). The van der Waals surface area contributed by atoms with Crippen LogP contribution < -0.4 is 0 Å². The lowest BCUT2D eigenvalue weighted by Crippen LogP contribution is -2.13. The number of aromatic amines is 1. The summed E-state index contributed by atoms with van der Waals surface area (Å²) in [5.74, 6) is -0.587. The summed E-state index contributed by atoms with van der Waals surface area (Å²) < 4.78 is 38.1. The van der Waals surface area contributed by atoms with Gasteiger partial charge in [-0.1, -0.05) is 18.2 Å². The number of Topliss-reactive ketones (excluding diaryl/α,β-unsaturated/α-hetero) is 1. The Kier molecular flexibility index (Phi) is 3.14. The maximum atomic E-state index is 12.7. The first-order valence-electron chi connectivity index (χ1n) is 5.02. The minimum absolute atomic E-state index is 0.0491. The van der Waals surface area contributed by atoms with Crippen LogP contribution in [0.15, 0.2) is 30.6 Å². The Morgan fingerprint density at radius 3 is 2.61 bits per heavy atom. The van der Waals surface area contributed by atoms with Crippen molar-refractivity contribution in [2.45, 2.75) is 12.6 Å². The van der Waals surface area contributed by atoms with Gasteiger partial charge in [0, 0.05) is 6.42 Å². The second-order valence-electron chi connectivity index (χ2n) is 3.59.